The van der Waals surface area contributed by atoms with Gasteiger partial charge < -0.3 is 25.4 Å². The molecule has 2 aliphatic heterocycles. The van der Waals surface area contributed by atoms with Gasteiger partial charge in [0.1, 0.15) is 17.7 Å². The Balaban J connectivity index is 1.42. The van der Waals surface area contributed by atoms with Crippen LogP contribution in [-0.4, -0.2) is 75.6 Å². The van der Waals surface area contributed by atoms with Crippen LogP contribution in [0.15, 0.2) is 24.3 Å². The zero-order chi connectivity index (χ0) is 26.5. The molecule has 3 rings (SSSR count). The van der Waals surface area contributed by atoms with Gasteiger partial charge in [-0.2, -0.15) is 0 Å². The molecule has 0 saturated carbocycles. The van der Waals surface area contributed by atoms with E-state index in [4.69, 9.17) is 4.74 Å². The minimum absolute atomic E-state index is 0.112. The average molecular weight is 503 g/mol. The molecular weight excluding hydrogens is 468 g/mol. The third kappa shape index (κ3) is 6.96. The standard InChI is InChI=1S/C25H34N4O7/c1-25(2,3)36-23(34)26-12-7-6-10-18(22(32)33)27-20(30)11-13-28-21(31)19-14-16-8-4-5-9-17(16)15-29(19)24(28)35/h4-5,8-9,18-19H,6-7,10-15H2,1-3H3,(H,26,34)(H,27,30)(H,32,33). The Morgan fingerprint density at radius 2 is 1.83 bits per heavy atom. The van der Waals surface area contributed by atoms with E-state index in [0.717, 1.165) is 16.0 Å². The van der Waals surface area contributed by atoms with E-state index in [-0.39, 0.29) is 25.3 Å². The highest BCUT2D eigenvalue weighted by atomic mass is 16.6. The van der Waals surface area contributed by atoms with Gasteiger partial charge in [0.25, 0.3) is 5.91 Å². The quantitative estimate of drug-likeness (QED) is 0.328. The molecule has 2 unspecified atom stereocenters. The predicted molar refractivity (Wildman–Crippen MR) is 129 cm³/mol. The van der Waals surface area contributed by atoms with Gasteiger partial charge in [-0.05, 0) is 51.2 Å². The number of nitrogens with zero attached hydrogens (tertiary/aromatic N) is 2. The smallest absolute Gasteiger partial charge is 0.407 e. The monoisotopic (exact) mass is 502 g/mol. The molecule has 0 spiro atoms. The van der Waals surface area contributed by atoms with Crippen LogP contribution in [0.2, 0.25) is 0 Å². The SMILES string of the molecule is CC(C)(C)OC(=O)NCCCCC(NC(=O)CCN1C(=O)C2Cc3ccccc3CN2C1=O)C(=O)O. The maximum atomic E-state index is 12.8. The second kappa shape index (κ2) is 11.4. The minimum atomic E-state index is -1.17. The van der Waals surface area contributed by atoms with Gasteiger partial charge in [0.2, 0.25) is 5.91 Å². The van der Waals surface area contributed by atoms with Crippen LogP contribution in [0.4, 0.5) is 9.59 Å². The van der Waals surface area contributed by atoms with Gasteiger partial charge in [0.15, 0.2) is 0 Å². The molecule has 36 heavy (non-hydrogen) atoms. The van der Waals surface area contributed by atoms with Crippen LogP contribution in [0.3, 0.4) is 0 Å². The molecule has 2 atom stereocenters. The van der Waals surface area contributed by atoms with Crippen molar-refractivity contribution in [3.05, 3.63) is 35.4 Å². The summed E-state index contributed by atoms with van der Waals surface area (Å²) >= 11 is 0. The van der Waals surface area contributed by atoms with E-state index in [9.17, 15) is 29.1 Å². The van der Waals surface area contributed by atoms with Gasteiger partial charge in [0, 0.05) is 32.5 Å². The molecule has 5 amide bonds. The maximum Gasteiger partial charge on any atom is 0.407 e. The molecule has 1 aromatic rings. The molecule has 0 radical (unpaired) electrons. The molecule has 0 aromatic heterocycles. The van der Waals surface area contributed by atoms with Crippen molar-refractivity contribution < 1.29 is 33.8 Å². The van der Waals surface area contributed by atoms with Crippen molar-refractivity contribution >= 4 is 29.9 Å². The highest BCUT2D eigenvalue weighted by molar-refractivity contribution is 6.05. The summed E-state index contributed by atoms with van der Waals surface area (Å²) in [6.07, 6.45) is 0.842. The van der Waals surface area contributed by atoms with Crippen molar-refractivity contribution in [3.63, 3.8) is 0 Å². The van der Waals surface area contributed by atoms with Gasteiger partial charge in [-0.15, -0.1) is 0 Å². The first-order valence-electron chi connectivity index (χ1n) is 12.1. The largest absolute Gasteiger partial charge is 0.480 e. The lowest BCUT2D eigenvalue weighted by Gasteiger charge is -2.28. The molecule has 2 heterocycles. The first kappa shape index (κ1) is 27.0. The summed E-state index contributed by atoms with van der Waals surface area (Å²) < 4.78 is 5.13. The van der Waals surface area contributed by atoms with Crippen LogP contribution in [0, 0.1) is 0 Å². The first-order valence-corrected chi connectivity index (χ1v) is 12.1. The average Bonchev–Trinajstić information content (AvgIpc) is 3.02. The number of carboxylic acids is 1. The second-order valence-electron chi connectivity index (χ2n) is 10.0. The lowest BCUT2D eigenvalue weighted by atomic mass is 9.95. The van der Waals surface area contributed by atoms with Crippen LogP contribution >= 0.6 is 0 Å². The van der Waals surface area contributed by atoms with E-state index in [1.54, 1.807) is 20.8 Å². The number of carboxylic acid groups (broad SMARTS) is 1. The van der Waals surface area contributed by atoms with Crippen molar-refractivity contribution in [2.45, 2.75) is 77.1 Å². The number of nitrogens with one attached hydrogen (secondary N) is 2. The Kier molecular flexibility index (Phi) is 8.54. The molecular formula is C25H34N4O7. The van der Waals surface area contributed by atoms with Crippen LogP contribution in [0.5, 0.6) is 0 Å². The minimum Gasteiger partial charge on any atom is -0.480 e. The van der Waals surface area contributed by atoms with E-state index in [1.807, 2.05) is 24.3 Å². The number of hydrogen-bond donors (Lipinski definition) is 3. The van der Waals surface area contributed by atoms with Gasteiger partial charge in [-0.25, -0.2) is 14.4 Å². The molecule has 0 bridgehead atoms. The summed E-state index contributed by atoms with van der Waals surface area (Å²) in [5.74, 6) is -2.07. The number of carbonyl (C=O) groups is 5. The van der Waals surface area contributed by atoms with Crippen molar-refractivity contribution in [3.8, 4) is 0 Å². The number of hydrogen-bond acceptors (Lipinski definition) is 6. The van der Waals surface area contributed by atoms with E-state index in [0.29, 0.717) is 32.4 Å². The van der Waals surface area contributed by atoms with Crippen LogP contribution in [0.25, 0.3) is 0 Å². The predicted octanol–water partition coefficient (Wildman–Crippen LogP) is 2.03. The fraction of sp³-hybridized carbons (Fsp3) is 0.560. The summed E-state index contributed by atoms with van der Waals surface area (Å²) in [4.78, 5) is 63.9. The summed E-state index contributed by atoms with van der Waals surface area (Å²) in [5.41, 5.74) is 1.43. The Morgan fingerprint density at radius 1 is 1.14 bits per heavy atom. The number of amides is 5. The Labute approximate surface area is 210 Å². The fourth-order valence-corrected chi connectivity index (χ4v) is 4.30. The fourth-order valence-electron chi connectivity index (χ4n) is 4.30. The molecule has 1 aromatic carbocycles. The number of unbranched alkanes of at least 4 members (excludes halogenated alkanes) is 1. The summed E-state index contributed by atoms with van der Waals surface area (Å²) in [6.45, 7) is 5.82. The van der Waals surface area contributed by atoms with Crippen molar-refractivity contribution in [1.29, 1.82) is 0 Å². The third-order valence-corrected chi connectivity index (χ3v) is 6.06. The second-order valence-corrected chi connectivity index (χ2v) is 10.0. The number of rotatable bonds is 10. The highest BCUT2D eigenvalue weighted by Gasteiger charge is 2.46. The molecule has 1 fully saturated rings. The van der Waals surface area contributed by atoms with Crippen molar-refractivity contribution in [2.24, 2.45) is 0 Å². The van der Waals surface area contributed by atoms with E-state index >= 15 is 0 Å². The van der Waals surface area contributed by atoms with E-state index in [1.165, 1.54) is 4.90 Å². The van der Waals surface area contributed by atoms with Gasteiger partial charge >= 0.3 is 18.1 Å². The van der Waals surface area contributed by atoms with Crippen LogP contribution in [-0.2, 0) is 32.1 Å². The number of fused-ring (bicyclic) bond motifs is 2. The lowest BCUT2D eigenvalue weighted by Crippen LogP contribution is -2.43. The summed E-state index contributed by atoms with van der Waals surface area (Å²) in [6, 6.07) is 5.55. The van der Waals surface area contributed by atoms with Crippen molar-refractivity contribution in [1.82, 2.24) is 20.4 Å². The normalized spacial score (nSPS) is 17.8. The molecule has 0 aliphatic carbocycles. The van der Waals surface area contributed by atoms with Gasteiger partial charge in [-0.3, -0.25) is 14.5 Å². The number of carbonyl (C=O) groups excluding carboxylic acids is 4. The number of urea groups is 1. The summed E-state index contributed by atoms with van der Waals surface area (Å²) in [5, 5.41) is 14.5. The van der Waals surface area contributed by atoms with Gasteiger partial charge in [-0.1, -0.05) is 24.3 Å². The highest BCUT2D eigenvalue weighted by Crippen LogP contribution is 2.30. The summed E-state index contributed by atoms with van der Waals surface area (Å²) in [7, 11) is 0. The van der Waals surface area contributed by atoms with Gasteiger partial charge in [0.05, 0.1) is 0 Å². The van der Waals surface area contributed by atoms with Crippen molar-refractivity contribution in [2.75, 3.05) is 13.1 Å². The molecule has 196 valence electrons. The first-order chi connectivity index (χ1) is 17.0. The lowest BCUT2D eigenvalue weighted by molar-refractivity contribution is -0.142. The zero-order valence-corrected chi connectivity index (χ0v) is 20.9. The topological polar surface area (TPSA) is 145 Å². The van der Waals surface area contributed by atoms with E-state index < -0.39 is 41.7 Å². The zero-order valence-electron chi connectivity index (χ0n) is 20.9. The third-order valence-electron chi connectivity index (χ3n) is 6.06. The molecule has 2 aliphatic rings. The Hall–Kier alpha value is -3.63. The Morgan fingerprint density at radius 3 is 2.50 bits per heavy atom. The number of benzene rings is 1. The Bertz CT molecular complexity index is 977. The number of imide groups is 1. The molecule has 11 nitrogen and oxygen atoms in total. The molecule has 11 heteroatoms. The van der Waals surface area contributed by atoms with Crippen LogP contribution < -0.4 is 10.6 Å². The van der Waals surface area contributed by atoms with E-state index in [2.05, 4.69) is 10.6 Å². The molecule has 1 saturated heterocycles. The maximum absolute atomic E-state index is 12.8. The van der Waals surface area contributed by atoms with Crippen LogP contribution in [0.1, 0.15) is 57.6 Å². The number of ether oxygens (including phenoxy) is 1. The number of alkyl carbamates (subject to hydrolysis) is 1. The number of aliphatic carboxylic acids is 1. The molecule has 3 N–H and O–H groups in total.